The van der Waals surface area contributed by atoms with Crippen molar-refractivity contribution in [3.05, 3.63) is 84.7 Å². The number of hydrogen-bond acceptors (Lipinski definition) is 1. The van der Waals surface area contributed by atoms with Gasteiger partial charge in [-0.3, -0.25) is 0 Å². The molecule has 0 unspecified atom stereocenters. The largest absolute Gasteiger partial charge is 0.484 e. The highest BCUT2D eigenvalue weighted by molar-refractivity contribution is 7.97. The predicted molar refractivity (Wildman–Crippen MR) is 113 cm³/mol. The Morgan fingerprint density at radius 3 is 1.82 bits per heavy atom. The Kier molecular flexibility index (Phi) is 5.45. The van der Waals surface area contributed by atoms with E-state index in [9.17, 15) is 0 Å². The van der Waals surface area contributed by atoms with Crippen LogP contribution in [0.25, 0.3) is 0 Å². The first-order valence-electron chi connectivity index (χ1n) is 9.92. The van der Waals surface area contributed by atoms with Gasteiger partial charge in [0.25, 0.3) is 0 Å². The summed E-state index contributed by atoms with van der Waals surface area (Å²) in [4.78, 5) is 3.33. The maximum Gasteiger partial charge on any atom is 0.170 e. The fraction of sp³-hybridized carbons (Fsp3) is 0.280. The third-order valence-electron chi connectivity index (χ3n) is 5.66. The summed E-state index contributed by atoms with van der Waals surface area (Å²) >= 11 is 0. The predicted octanol–water partition coefficient (Wildman–Crippen LogP) is 6.88. The summed E-state index contributed by atoms with van der Waals surface area (Å²) in [6.07, 6.45) is 3.16. The number of benzene rings is 3. The molecule has 0 amide bonds. The molecule has 1 aliphatic carbocycles. The van der Waals surface area contributed by atoms with E-state index >= 15 is 4.39 Å². The Labute approximate surface area is 169 Å². The van der Waals surface area contributed by atoms with Gasteiger partial charge in [-0.2, -0.15) is 0 Å². The Morgan fingerprint density at radius 2 is 1.39 bits per heavy atom. The quantitative estimate of drug-likeness (QED) is 0.415. The van der Waals surface area contributed by atoms with Gasteiger partial charge in [-0.15, -0.1) is 0 Å². The van der Waals surface area contributed by atoms with Gasteiger partial charge in [0.05, 0.1) is 10.9 Å². The van der Waals surface area contributed by atoms with Crippen molar-refractivity contribution in [2.45, 2.75) is 53.4 Å². The minimum Gasteiger partial charge on any atom is -0.484 e. The molecule has 0 atom stereocenters. The van der Waals surface area contributed by atoms with Gasteiger partial charge in [-0.1, -0.05) is 50.2 Å². The SMILES string of the molecule is CC(C)C1(Oc2ccc([S+](c3ccccc3)c3ccccc3)cc2F)CCC1. The third-order valence-corrected chi connectivity index (χ3v) is 7.87. The Balaban J connectivity index is 1.69. The van der Waals surface area contributed by atoms with Crippen LogP contribution in [-0.4, -0.2) is 5.60 Å². The van der Waals surface area contributed by atoms with Crippen molar-refractivity contribution in [1.29, 1.82) is 0 Å². The van der Waals surface area contributed by atoms with Gasteiger partial charge in [0.2, 0.25) is 0 Å². The molecule has 1 aliphatic rings. The fourth-order valence-electron chi connectivity index (χ4n) is 3.75. The van der Waals surface area contributed by atoms with Crippen molar-refractivity contribution < 1.29 is 9.13 Å². The average molecular weight is 394 g/mol. The van der Waals surface area contributed by atoms with Gasteiger partial charge in [0.1, 0.15) is 5.60 Å². The van der Waals surface area contributed by atoms with Crippen LogP contribution < -0.4 is 4.74 Å². The molecular formula is C25H26FOS+. The zero-order valence-corrected chi connectivity index (χ0v) is 17.2. The minimum atomic E-state index is -0.348. The van der Waals surface area contributed by atoms with Crippen LogP contribution in [0.2, 0.25) is 0 Å². The van der Waals surface area contributed by atoms with Crippen molar-refractivity contribution in [2.24, 2.45) is 5.92 Å². The highest BCUT2D eigenvalue weighted by atomic mass is 32.2. The number of ether oxygens (including phenoxy) is 1. The standard InChI is InChI=1S/C25H26FOS/c1-19(2)25(16-9-17-25)27-24-15-14-22(18-23(24)26)28(20-10-5-3-6-11-20)21-12-7-4-8-13-21/h3-8,10-15,18-19H,9,16-17H2,1-2H3/q+1. The highest BCUT2D eigenvalue weighted by Gasteiger charge is 2.43. The second-order valence-electron chi connectivity index (χ2n) is 7.70. The van der Waals surface area contributed by atoms with Crippen LogP contribution in [0.15, 0.2) is 93.5 Å². The van der Waals surface area contributed by atoms with Crippen LogP contribution in [0.1, 0.15) is 33.1 Å². The lowest BCUT2D eigenvalue weighted by Gasteiger charge is -2.45. The molecular weight excluding hydrogens is 367 g/mol. The van der Waals surface area contributed by atoms with Crippen molar-refractivity contribution >= 4 is 10.9 Å². The summed E-state index contributed by atoms with van der Waals surface area (Å²) in [5.74, 6) is 0.485. The van der Waals surface area contributed by atoms with Crippen molar-refractivity contribution in [1.82, 2.24) is 0 Å². The molecule has 0 bridgehead atoms. The van der Waals surface area contributed by atoms with Crippen molar-refractivity contribution in [3.8, 4) is 5.75 Å². The molecule has 3 aromatic carbocycles. The van der Waals surface area contributed by atoms with Gasteiger partial charge >= 0.3 is 0 Å². The minimum absolute atomic E-state index is 0.205. The van der Waals surface area contributed by atoms with E-state index in [1.165, 1.54) is 9.79 Å². The lowest BCUT2D eigenvalue weighted by atomic mass is 9.72. The van der Waals surface area contributed by atoms with E-state index < -0.39 is 0 Å². The maximum absolute atomic E-state index is 15.1. The van der Waals surface area contributed by atoms with Gasteiger partial charge in [0, 0.05) is 6.07 Å². The number of hydrogen-bond donors (Lipinski definition) is 0. The van der Waals surface area contributed by atoms with Gasteiger partial charge in [0.15, 0.2) is 26.3 Å². The first-order chi connectivity index (χ1) is 13.6. The summed E-state index contributed by atoms with van der Waals surface area (Å²) in [6.45, 7) is 4.32. The van der Waals surface area contributed by atoms with E-state index in [-0.39, 0.29) is 22.3 Å². The molecule has 3 heteroatoms. The molecule has 0 spiro atoms. The molecule has 1 fully saturated rings. The van der Waals surface area contributed by atoms with Crippen molar-refractivity contribution in [3.63, 3.8) is 0 Å². The van der Waals surface area contributed by atoms with E-state index in [1.54, 1.807) is 6.07 Å². The molecule has 0 N–H and O–H groups in total. The molecule has 0 aromatic heterocycles. The molecule has 1 nitrogen and oxygen atoms in total. The van der Waals surface area contributed by atoms with E-state index in [4.69, 9.17) is 4.74 Å². The maximum atomic E-state index is 15.1. The van der Waals surface area contributed by atoms with Crippen LogP contribution in [0.3, 0.4) is 0 Å². The van der Waals surface area contributed by atoms with E-state index in [0.717, 1.165) is 24.2 Å². The molecule has 0 aliphatic heterocycles. The van der Waals surface area contributed by atoms with Crippen molar-refractivity contribution in [2.75, 3.05) is 0 Å². The van der Waals surface area contributed by atoms with Crippen LogP contribution in [0.4, 0.5) is 4.39 Å². The first-order valence-corrected chi connectivity index (χ1v) is 11.1. The summed E-state index contributed by atoms with van der Waals surface area (Å²) in [7, 11) is -0.348. The normalized spacial score (nSPS) is 15.5. The highest BCUT2D eigenvalue weighted by Crippen LogP contribution is 2.43. The topological polar surface area (TPSA) is 9.23 Å². The summed E-state index contributed by atoms with van der Waals surface area (Å²) in [5.41, 5.74) is -0.205. The molecule has 0 radical (unpaired) electrons. The Bertz CT molecular complexity index is 880. The monoisotopic (exact) mass is 393 g/mol. The smallest absolute Gasteiger partial charge is 0.170 e. The lowest BCUT2D eigenvalue weighted by molar-refractivity contribution is -0.0500. The van der Waals surface area contributed by atoms with Gasteiger partial charge in [-0.05, 0) is 61.6 Å². The molecule has 4 rings (SSSR count). The molecule has 0 saturated heterocycles. The number of halogens is 1. The van der Waals surface area contributed by atoms with Gasteiger partial charge in [-0.25, -0.2) is 4.39 Å². The summed E-state index contributed by atoms with van der Waals surface area (Å²) < 4.78 is 21.3. The fourth-order valence-corrected chi connectivity index (χ4v) is 5.85. The molecule has 144 valence electrons. The molecule has 1 saturated carbocycles. The van der Waals surface area contributed by atoms with E-state index in [1.807, 2.05) is 48.5 Å². The molecule has 28 heavy (non-hydrogen) atoms. The lowest BCUT2D eigenvalue weighted by Crippen LogP contribution is -2.48. The van der Waals surface area contributed by atoms with Crippen LogP contribution >= 0.6 is 0 Å². The van der Waals surface area contributed by atoms with Crippen LogP contribution in [0, 0.1) is 11.7 Å². The Morgan fingerprint density at radius 1 is 0.821 bits per heavy atom. The summed E-state index contributed by atoms with van der Waals surface area (Å²) in [6, 6.07) is 26.1. The summed E-state index contributed by atoms with van der Waals surface area (Å²) in [5, 5.41) is 0. The van der Waals surface area contributed by atoms with E-state index in [2.05, 4.69) is 38.1 Å². The zero-order chi connectivity index (χ0) is 19.6. The average Bonchev–Trinajstić information content (AvgIpc) is 2.68. The third kappa shape index (κ3) is 3.68. The second kappa shape index (κ2) is 8.00. The van der Waals surface area contributed by atoms with Crippen LogP contribution in [-0.2, 0) is 10.9 Å². The second-order valence-corrected chi connectivity index (χ2v) is 9.73. The Hall–Kier alpha value is -2.26. The van der Waals surface area contributed by atoms with Crippen LogP contribution in [0.5, 0.6) is 5.75 Å². The molecule has 0 heterocycles. The zero-order valence-electron chi connectivity index (χ0n) is 16.4. The number of rotatable bonds is 6. The molecule has 3 aromatic rings. The van der Waals surface area contributed by atoms with E-state index in [0.29, 0.717) is 11.7 Å². The van der Waals surface area contributed by atoms with Gasteiger partial charge < -0.3 is 4.74 Å². The first kappa shape index (κ1) is 19.1.